The van der Waals surface area contributed by atoms with E-state index in [2.05, 4.69) is 43.0 Å². The number of benzene rings is 1. The first-order chi connectivity index (χ1) is 7.12. The van der Waals surface area contributed by atoms with Crippen LogP contribution in [0.3, 0.4) is 0 Å². The zero-order valence-corrected chi connectivity index (χ0v) is 9.66. The number of rotatable bonds is 3. The van der Waals surface area contributed by atoms with Crippen molar-refractivity contribution in [2.24, 2.45) is 11.1 Å². The molecule has 2 N–H and O–H groups in total. The SMILES string of the molecule is CC(C)(CN)CN1CCc2ccccc21. The molecule has 15 heavy (non-hydrogen) atoms. The van der Waals surface area contributed by atoms with Crippen LogP contribution in [0.25, 0.3) is 0 Å². The van der Waals surface area contributed by atoms with Crippen molar-refractivity contribution in [2.75, 3.05) is 24.5 Å². The zero-order valence-electron chi connectivity index (χ0n) is 9.66. The third-order valence-electron chi connectivity index (χ3n) is 3.15. The largest absolute Gasteiger partial charge is 0.370 e. The van der Waals surface area contributed by atoms with Gasteiger partial charge in [0.15, 0.2) is 0 Å². The number of nitrogens with two attached hydrogens (primary N) is 1. The van der Waals surface area contributed by atoms with E-state index in [0.717, 1.165) is 19.6 Å². The van der Waals surface area contributed by atoms with Gasteiger partial charge in [-0.25, -0.2) is 0 Å². The second-order valence-electron chi connectivity index (χ2n) is 5.17. The average Bonchev–Trinajstić information content (AvgIpc) is 2.62. The minimum Gasteiger partial charge on any atom is -0.370 e. The van der Waals surface area contributed by atoms with E-state index in [4.69, 9.17) is 5.73 Å². The lowest BCUT2D eigenvalue weighted by Gasteiger charge is -2.30. The molecule has 0 aromatic heterocycles. The van der Waals surface area contributed by atoms with Gasteiger partial charge in [0.25, 0.3) is 0 Å². The van der Waals surface area contributed by atoms with Gasteiger partial charge in [-0.2, -0.15) is 0 Å². The molecular weight excluding hydrogens is 184 g/mol. The van der Waals surface area contributed by atoms with Gasteiger partial charge in [0.05, 0.1) is 0 Å². The molecule has 0 amide bonds. The summed E-state index contributed by atoms with van der Waals surface area (Å²) in [5.41, 5.74) is 8.86. The standard InChI is InChI=1S/C13H20N2/c1-13(2,9-14)10-15-8-7-11-5-3-4-6-12(11)15/h3-6H,7-10,14H2,1-2H3. The van der Waals surface area contributed by atoms with Crippen LogP contribution in [0.1, 0.15) is 19.4 Å². The van der Waals surface area contributed by atoms with Crippen LogP contribution in [0.5, 0.6) is 0 Å². The Morgan fingerprint density at radius 1 is 1.33 bits per heavy atom. The van der Waals surface area contributed by atoms with Gasteiger partial charge >= 0.3 is 0 Å². The molecule has 1 aliphatic rings. The lowest BCUT2D eigenvalue weighted by atomic mass is 9.93. The van der Waals surface area contributed by atoms with Crippen LogP contribution >= 0.6 is 0 Å². The molecule has 2 nitrogen and oxygen atoms in total. The molecule has 1 heterocycles. The number of nitrogens with zero attached hydrogens (tertiary/aromatic N) is 1. The van der Waals surface area contributed by atoms with Crippen LogP contribution in [0, 0.1) is 5.41 Å². The molecular formula is C13H20N2. The van der Waals surface area contributed by atoms with E-state index < -0.39 is 0 Å². The quantitative estimate of drug-likeness (QED) is 0.816. The number of anilines is 1. The Balaban J connectivity index is 2.14. The molecule has 1 aliphatic heterocycles. The van der Waals surface area contributed by atoms with Crippen molar-refractivity contribution in [1.29, 1.82) is 0 Å². The Bertz CT molecular complexity index is 344. The molecule has 0 saturated heterocycles. The maximum atomic E-state index is 5.78. The van der Waals surface area contributed by atoms with Gasteiger partial charge < -0.3 is 10.6 Å². The van der Waals surface area contributed by atoms with Gasteiger partial charge in [-0.3, -0.25) is 0 Å². The molecule has 2 rings (SSSR count). The topological polar surface area (TPSA) is 29.3 Å². The molecule has 0 atom stereocenters. The van der Waals surface area contributed by atoms with E-state index in [1.165, 1.54) is 17.7 Å². The van der Waals surface area contributed by atoms with E-state index in [1.807, 2.05) is 0 Å². The van der Waals surface area contributed by atoms with Gasteiger partial charge in [-0.15, -0.1) is 0 Å². The molecule has 2 heteroatoms. The number of hydrogen-bond acceptors (Lipinski definition) is 2. The molecule has 1 aromatic rings. The molecule has 0 saturated carbocycles. The molecule has 0 aliphatic carbocycles. The highest BCUT2D eigenvalue weighted by molar-refractivity contribution is 5.57. The summed E-state index contributed by atoms with van der Waals surface area (Å²) in [6, 6.07) is 8.68. The minimum atomic E-state index is 0.206. The van der Waals surface area contributed by atoms with Gasteiger partial charge in [0.2, 0.25) is 0 Å². The average molecular weight is 204 g/mol. The van der Waals surface area contributed by atoms with Crippen molar-refractivity contribution < 1.29 is 0 Å². The number of hydrogen-bond donors (Lipinski definition) is 1. The van der Waals surface area contributed by atoms with Crippen LogP contribution in [0.2, 0.25) is 0 Å². The van der Waals surface area contributed by atoms with E-state index in [-0.39, 0.29) is 5.41 Å². The zero-order chi connectivity index (χ0) is 10.9. The summed E-state index contributed by atoms with van der Waals surface area (Å²) < 4.78 is 0. The molecule has 82 valence electrons. The van der Waals surface area contributed by atoms with Crippen LogP contribution in [0.4, 0.5) is 5.69 Å². The predicted molar refractivity (Wildman–Crippen MR) is 65.2 cm³/mol. The second-order valence-corrected chi connectivity index (χ2v) is 5.17. The lowest BCUT2D eigenvalue weighted by molar-refractivity contribution is 0.381. The second kappa shape index (κ2) is 3.86. The monoisotopic (exact) mass is 204 g/mol. The van der Waals surface area contributed by atoms with Crippen molar-refractivity contribution in [3.8, 4) is 0 Å². The number of para-hydroxylation sites is 1. The van der Waals surface area contributed by atoms with E-state index in [0.29, 0.717) is 0 Å². The Hall–Kier alpha value is -1.02. The third kappa shape index (κ3) is 2.15. The summed E-state index contributed by atoms with van der Waals surface area (Å²) in [5, 5.41) is 0. The van der Waals surface area contributed by atoms with Gasteiger partial charge in [0.1, 0.15) is 0 Å². The molecule has 0 spiro atoms. The summed E-state index contributed by atoms with van der Waals surface area (Å²) in [4.78, 5) is 2.46. The normalized spacial score (nSPS) is 15.5. The molecule has 0 fully saturated rings. The van der Waals surface area contributed by atoms with Crippen LogP contribution in [-0.2, 0) is 6.42 Å². The Kier molecular flexibility index (Phi) is 2.70. The number of fused-ring (bicyclic) bond motifs is 1. The van der Waals surface area contributed by atoms with Gasteiger partial charge in [-0.1, -0.05) is 32.0 Å². The molecule has 0 unspecified atom stereocenters. The van der Waals surface area contributed by atoms with E-state index >= 15 is 0 Å². The van der Waals surface area contributed by atoms with Crippen LogP contribution in [0.15, 0.2) is 24.3 Å². The fourth-order valence-corrected chi connectivity index (χ4v) is 2.15. The lowest BCUT2D eigenvalue weighted by Crippen LogP contribution is -2.37. The maximum Gasteiger partial charge on any atom is 0.0399 e. The highest BCUT2D eigenvalue weighted by Gasteiger charge is 2.24. The fraction of sp³-hybridized carbons (Fsp3) is 0.538. The van der Waals surface area contributed by atoms with E-state index in [9.17, 15) is 0 Å². The summed E-state index contributed by atoms with van der Waals surface area (Å²) in [6.07, 6.45) is 1.18. The summed E-state index contributed by atoms with van der Waals surface area (Å²) >= 11 is 0. The first kappa shape index (κ1) is 10.5. The summed E-state index contributed by atoms with van der Waals surface area (Å²) in [6.45, 7) is 7.40. The van der Waals surface area contributed by atoms with Crippen molar-refractivity contribution in [3.05, 3.63) is 29.8 Å². The van der Waals surface area contributed by atoms with Crippen molar-refractivity contribution in [1.82, 2.24) is 0 Å². The summed E-state index contributed by atoms with van der Waals surface area (Å²) in [5.74, 6) is 0. The fourth-order valence-electron chi connectivity index (χ4n) is 2.15. The Morgan fingerprint density at radius 3 is 2.80 bits per heavy atom. The molecule has 1 aromatic carbocycles. The molecule has 0 bridgehead atoms. The first-order valence-electron chi connectivity index (χ1n) is 5.65. The highest BCUT2D eigenvalue weighted by atomic mass is 15.2. The first-order valence-corrected chi connectivity index (χ1v) is 5.65. The third-order valence-corrected chi connectivity index (χ3v) is 3.15. The smallest absolute Gasteiger partial charge is 0.0399 e. The van der Waals surface area contributed by atoms with Gasteiger partial charge in [-0.05, 0) is 30.0 Å². The predicted octanol–water partition coefficient (Wildman–Crippen LogP) is 2.03. The highest BCUT2D eigenvalue weighted by Crippen LogP contribution is 2.30. The Morgan fingerprint density at radius 2 is 2.07 bits per heavy atom. The van der Waals surface area contributed by atoms with Crippen molar-refractivity contribution in [2.45, 2.75) is 20.3 Å². The maximum absolute atomic E-state index is 5.78. The van der Waals surface area contributed by atoms with Crippen LogP contribution < -0.4 is 10.6 Å². The van der Waals surface area contributed by atoms with Crippen LogP contribution in [-0.4, -0.2) is 19.6 Å². The van der Waals surface area contributed by atoms with Crippen molar-refractivity contribution >= 4 is 5.69 Å². The summed E-state index contributed by atoms with van der Waals surface area (Å²) in [7, 11) is 0. The minimum absolute atomic E-state index is 0.206. The Labute approximate surface area is 92.1 Å². The molecule has 0 radical (unpaired) electrons. The van der Waals surface area contributed by atoms with Crippen molar-refractivity contribution in [3.63, 3.8) is 0 Å². The van der Waals surface area contributed by atoms with E-state index in [1.54, 1.807) is 0 Å². The van der Waals surface area contributed by atoms with Gasteiger partial charge in [0, 0.05) is 18.8 Å².